The van der Waals surface area contributed by atoms with Gasteiger partial charge in [-0.2, -0.15) is 0 Å². The number of ether oxygens (including phenoxy) is 1. The van der Waals surface area contributed by atoms with Crippen molar-refractivity contribution in [3.05, 3.63) is 65.7 Å². The van der Waals surface area contributed by atoms with E-state index >= 15 is 0 Å². The fraction of sp³-hybridized carbons (Fsp3) is 0.455. The van der Waals surface area contributed by atoms with E-state index in [1.807, 2.05) is 18.2 Å². The molecular formula is C22H29BO3. The van der Waals surface area contributed by atoms with E-state index in [4.69, 9.17) is 14.0 Å². The molecule has 0 radical (unpaired) electrons. The summed E-state index contributed by atoms with van der Waals surface area (Å²) in [7, 11) is -0.289. The van der Waals surface area contributed by atoms with Gasteiger partial charge in [-0.3, -0.25) is 0 Å². The van der Waals surface area contributed by atoms with Crippen molar-refractivity contribution < 1.29 is 14.0 Å². The average molecular weight is 352 g/mol. The molecule has 0 saturated carbocycles. The van der Waals surface area contributed by atoms with Crippen molar-refractivity contribution in [2.75, 3.05) is 6.61 Å². The molecule has 2 aromatic rings. The molecule has 26 heavy (non-hydrogen) atoms. The number of rotatable bonds is 7. The summed E-state index contributed by atoms with van der Waals surface area (Å²) in [4.78, 5) is 0. The minimum atomic E-state index is -0.299. The first-order valence-corrected chi connectivity index (χ1v) is 9.43. The molecule has 138 valence electrons. The van der Waals surface area contributed by atoms with Gasteiger partial charge in [0.1, 0.15) is 0 Å². The van der Waals surface area contributed by atoms with Crippen LogP contribution >= 0.6 is 0 Å². The smallest absolute Gasteiger partial charge is 0.399 e. The third-order valence-corrected chi connectivity index (χ3v) is 5.37. The molecule has 1 aliphatic rings. The number of benzene rings is 2. The van der Waals surface area contributed by atoms with E-state index in [0.717, 1.165) is 24.9 Å². The molecule has 0 unspecified atom stereocenters. The van der Waals surface area contributed by atoms with Crippen molar-refractivity contribution in [3.8, 4) is 0 Å². The van der Waals surface area contributed by atoms with Gasteiger partial charge < -0.3 is 14.0 Å². The predicted molar refractivity (Wildman–Crippen MR) is 107 cm³/mol. The van der Waals surface area contributed by atoms with E-state index in [0.29, 0.717) is 6.61 Å². The SMILES string of the molecule is CC1(C)OB(c2ccc(CCCOCc3ccccc3)cc2)OC1(C)C. The van der Waals surface area contributed by atoms with Gasteiger partial charge in [0.25, 0.3) is 0 Å². The van der Waals surface area contributed by atoms with E-state index in [2.05, 4.69) is 64.1 Å². The Bertz CT molecular complexity index is 679. The maximum Gasteiger partial charge on any atom is 0.494 e. The second kappa shape index (κ2) is 7.95. The van der Waals surface area contributed by atoms with Crippen LogP contribution < -0.4 is 5.46 Å². The maximum absolute atomic E-state index is 6.10. The zero-order valence-electron chi connectivity index (χ0n) is 16.3. The van der Waals surface area contributed by atoms with Crippen LogP contribution in [-0.2, 0) is 27.1 Å². The maximum atomic E-state index is 6.10. The van der Waals surface area contributed by atoms with E-state index in [1.165, 1.54) is 11.1 Å². The minimum Gasteiger partial charge on any atom is -0.399 e. The fourth-order valence-corrected chi connectivity index (χ4v) is 2.96. The molecule has 2 aromatic carbocycles. The molecule has 1 fully saturated rings. The second-order valence-corrected chi connectivity index (χ2v) is 7.97. The molecule has 0 bridgehead atoms. The van der Waals surface area contributed by atoms with Crippen LogP contribution in [0.4, 0.5) is 0 Å². The average Bonchev–Trinajstić information content (AvgIpc) is 2.84. The molecule has 0 amide bonds. The topological polar surface area (TPSA) is 27.7 Å². The zero-order valence-corrected chi connectivity index (χ0v) is 16.3. The summed E-state index contributed by atoms with van der Waals surface area (Å²) in [5, 5.41) is 0. The molecule has 0 atom stereocenters. The van der Waals surface area contributed by atoms with Crippen LogP contribution in [0.25, 0.3) is 0 Å². The summed E-state index contributed by atoms with van der Waals surface area (Å²) in [6.45, 7) is 9.77. The van der Waals surface area contributed by atoms with Crippen LogP contribution in [0.5, 0.6) is 0 Å². The minimum absolute atomic E-state index is 0.289. The Kier molecular flexibility index (Phi) is 5.86. The van der Waals surface area contributed by atoms with Crippen molar-refractivity contribution >= 4 is 12.6 Å². The van der Waals surface area contributed by atoms with Crippen LogP contribution in [-0.4, -0.2) is 24.9 Å². The second-order valence-electron chi connectivity index (χ2n) is 7.97. The summed E-state index contributed by atoms with van der Waals surface area (Å²) in [6.07, 6.45) is 2.03. The highest BCUT2D eigenvalue weighted by atomic mass is 16.7. The number of aryl methyl sites for hydroxylation is 1. The molecule has 1 heterocycles. The number of hydrogen-bond donors (Lipinski definition) is 0. The van der Waals surface area contributed by atoms with Gasteiger partial charge in [-0.05, 0) is 57.1 Å². The summed E-state index contributed by atoms with van der Waals surface area (Å²) in [5.41, 5.74) is 3.01. The van der Waals surface area contributed by atoms with Crippen LogP contribution in [0.15, 0.2) is 54.6 Å². The fourth-order valence-electron chi connectivity index (χ4n) is 2.96. The van der Waals surface area contributed by atoms with E-state index < -0.39 is 0 Å². The van der Waals surface area contributed by atoms with Crippen LogP contribution in [0.2, 0.25) is 0 Å². The Balaban J connectivity index is 1.44. The Morgan fingerprint density at radius 1 is 0.808 bits per heavy atom. The van der Waals surface area contributed by atoms with Crippen LogP contribution in [0, 0.1) is 0 Å². The standard InChI is InChI=1S/C22H29BO3/c1-21(2)22(3,4)26-23(25-21)20-14-12-18(13-15-20)11-8-16-24-17-19-9-6-5-7-10-19/h5-7,9-10,12-15H,8,11,16-17H2,1-4H3. The molecule has 3 nitrogen and oxygen atoms in total. The Labute approximate surface area is 157 Å². The van der Waals surface area contributed by atoms with E-state index in [1.54, 1.807) is 0 Å². The van der Waals surface area contributed by atoms with Crippen LogP contribution in [0.3, 0.4) is 0 Å². The van der Waals surface area contributed by atoms with Crippen molar-refractivity contribution in [2.45, 2.75) is 58.3 Å². The van der Waals surface area contributed by atoms with Gasteiger partial charge in [0, 0.05) is 6.61 Å². The summed E-state index contributed by atoms with van der Waals surface area (Å²) in [6, 6.07) is 18.8. The highest BCUT2D eigenvalue weighted by Crippen LogP contribution is 2.36. The first kappa shape index (κ1) is 19.2. The molecular weight excluding hydrogens is 323 g/mol. The Morgan fingerprint density at radius 3 is 2.04 bits per heavy atom. The predicted octanol–water partition coefficient (Wildman–Crippen LogP) is 4.14. The first-order chi connectivity index (χ1) is 12.4. The van der Waals surface area contributed by atoms with Crippen molar-refractivity contribution in [3.63, 3.8) is 0 Å². The van der Waals surface area contributed by atoms with Crippen molar-refractivity contribution in [1.82, 2.24) is 0 Å². The van der Waals surface area contributed by atoms with Gasteiger partial charge in [0.05, 0.1) is 17.8 Å². The first-order valence-electron chi connectivity index (χ1n) is 9.43. The third kappa shape index (κ3) is 4.56. The summed E-state index contributed by atoms with van der Waals surface area (Å²) >= 11 is 0. The quantitative estimate of drug-likeness (QED) is 0.554. The molecule has 4 heteroatoms. The summed E-state index contributed by atoms with van der Waals surface area (Å²) < 4.78 is 18.0. The third-order valence-electron chi connectivity index (χ3n) is 5.37. The van der Waals surface area contributed by atoms with Gasteiger partial charge in [-0.15, -0.1) is 0 Å². The van der Waals surface area contributed by atoms with E-state index in [-0.39, 0.29) is 18.3 Å². The van der Waals surface area contributed by atoms with E-state index in [9.17, 15) is 0 Å². The summed E-state index contributed by atoms with van der Waals surface area (Å²) in [5.74, 6) is 0. The van der Waals surface area contributed by atoms with Gasteiger partial charge >= 0.3 is 7.12 Å². The highest BCUT2D eigenvalue weighted by molar-refractivity contribution is 6.62. The molecule has 0 aromatic heterocycles. The Morgan fingerprint density at radius 2 is 1.42 bits per heavy atom. The lowest BCUT2D eigenvalue weighted by molar-refractivity contribution is 0.00578. The largest absolute Gasteiger partial charge is 0.494 e. The lowest BCUT2D eigenvalue weighted by Crippen LogP contribution is -2.41. The Hall–Kier alpha value is -1.62. The lowest BCUT2D eigenvalue weighted by atomic mass is 9.79. The molecule has 1 saturated heterocycles. The highest BCUT2D eigenvalue weighted by Gasteiger charge is 2.51. The zero-order chi connectivity index (χ0) is 18.6. The van der Waals surface area contributed by atoms with Gasteiger partial charge in [-0.1, -0.05) is 54.6 Å². The van der Waals surface area contributed by atoms with Crippen molar-refractivity contribution in [1.29, 1.82) is 0 Å². The molecule has 1 aliphatic heterocycles. The molecule has 3 rings (SSSR count). The lowest BCUT2D eigenvalue weighted by Gasteiger charge is -2.32. The molecule has 0 aliphatic carbocycles. The monoisotopic (exact) mass is 352 g/mol. The number of hydrogen-bond acceptors (Lipinski definition) is 3. The molecule has 0 spiro atoms. The van der Waals surface area contributed by atoms with Gasteiger partial charge in [0.15, 0.2) is 0 Å². The molecule has 0 N–H and O–H groups in total. The van der Waals surface area contributed by atoms with Gasteiger partial charge in [-0.25, -0.2) is 0 Å². The van der Waals surface area contributed by atoms with Crippen molar-refractivity contribution in [2.24, 2.45) is 0 Å². The van der Waals surface area contributed by atoms with Crippen LogP contribution in [0.1, 0.15) is 45.2 Å². The normalized spacial score (nSPS) is 18.2. The van der Waals surface area contributed by atoms with Gasteiger partial charge in [0.2, 0.25) is 0 Å².